The zero-order chi connectivity index (χ0) is 19.1. The number of hydrogen-bond donors (Lipinski definition) is 1. The average Bonchev–Trinajstić information content (AvgIpc) is 2.47. The lowest BCUT2D eigenvalue weighted by Crippen LogP contribution is -2.27. The topological polar surface area (TPSA) is 81.7 Å². The maximum atomic E-state index is 12.3. The van der Waals surface area contributed by atoms with E-state index >= 15 is 0 Å². The number of benzene rings is 1. The fourth-order valence-electron chi connectivity index (χ4n) is 2.07. The quantitative estimate of drug-likeness (QED) is 0.532. The first-order chi connectivity index (χ1) is 11.5. The molecule has 0 radical (unpaired) electrons. The number of carbonyl (C=O) groups is 1. The van der Waals surface area contributed by atoms with Crippen LogP contribution < -0.4 is 5.32 Å². The molecule has 0 aromatic heterocycles. The highest BCUT2D eigenvalue weighted by atomic mass is 32.2. The van der Waals surface area contributed by atoms with E-state index in [0.29, 0.717) is 12.1 Å². The molecule has 0 spiro atoms. The van der Waals surface area contributed by atoms with Gasteiger partial charge in [-0.15, -0.1) is 0 Å². The number of carbonyl (C=O) groups excluding carboxylic acids is 1. The maximum absolute atomic E-state index is 12.3. The summed E-state index contributed by atoms with van der Waals surface area (Å²) in [6.45, 7) is 9.29. The Morgan fingerprint density at radius 1 is 1.16 bits per heavy atom. The second-order valence-electron chi connectivity index (χ2n) is 6.94. The van der Waals surface area contributed by atoms with Crippen LogP contribution in [0.4, 0.5) is 10.5 Å². The zero-order valence-corrected chi connectivity index (χ0v) is 16.5. The van der Waals surface area contributed by atoms with E-state index in [1.54, 1.807) is 33.8 Å². The van der Waals surface area contributed by atoms with Crippen LogP contribution in [0, 0.1) is 6.92 Å². The third kappa shape index (κ3) is 7.88. The molecule has 0 saturated carbocycles. The van der Waals surface area contributed by atoms with E-state index in [4.69, 9.17) is 8.92 Å². The van der Waals surface area contributed by atoms with Gasteiger partial charge in [-0.25, -0.2) is 4.79 Å². The molecule has 0 aliphatic rings. The summed E-state index contributed by atoms with van der Waals surface area (Å²) in [7, 11) is -3.85. The van der Waals surface area contributed by atoms with Gasteiger partial charge in [0.2, 0.25) is 0 Å². The van der Waals surface area contributed by atoms with E-state index in [1.807, 2.05) is 0 Å². The van der Waals surface area contributed by atoms with Gasteiger partial charge in [0.25, 0.3) is 10.1 Å². The van der Waals surface area contributed by atoms with Crippen molar-refractivity contribution < 1.29 is 22.1 Å². The fourth-order valence-corrected chi connectivity index (χ4v) is 3.04. The predicted molar refractivity (Wildman–Crippen MR) is 98.3 cm³/mol. The molecule has 0 atom stereocenters. The first-order valence-corrected chi connectivity index (χ1v) is 9.96. The van der Waals surface area contributed by atoms with Crippen molar-refractivity contribution in [2.24, 2.45) is 0 Å². The molecule has 0 aliphatic heterocycles. The molecule has 1 aromatic carbocycles. The standard InChI is InChI=1S/C18H29NO5S/c1-6-7-8-9-12-23-25(21,22)15-11-10-14(2)16(13-15)19-17(20)24-18(3,4)5/h10-11,13H,6-9,12H2,1-5H3,(H,19,20). The molecule has 1 amide bonds. The smallest absolute Gasteiger partial charge is 0.412 e. The van der Waals surface area contributed by atoms with E-state index < -0.39 is 21.8 Å². The van der Waals surface area contributed by atoms with Crippen LogP contribution in [0.5, 0.6) is 0 Å². The Balaban J connectivity index is 2.80. The molecule has 25 heavy (non-hydrogen) atoms. The van der Waals surface area contributed by atoms with Gasteiger partial charge in [0.05, 0.1) is 11.5 Å². The minimum absolute atomic E-state index is 0.0136. The van der Waals surface area contributed by atoms with Gasteiger partial charge < -0.3 is 4.74 Å². The number of aryl methyl sites for hydroxylation is 1. The highest BCUT2D eigenvalue weighted by Crippen LogP contribution is 2.22. The maximum Gasteiger partial charge on any atom is 0.412 e. The second kappa shape index (κ2) is 9.20. The summed E-state index contributed by atoms with van der Waals surface area (Å²) >= 11 is 0. The number of hydrogen-bond acceptors (Lipinski definition) is 5. The molecule has 7 heteroatoms. The number of nitrogens with one attached hydrogen (secondary N) is 1. The number of unbranched alkanes of at least 4 members (excludes halogenated alkanes) is 3. The fraction of sp³-hybridized carbons (Fsp3) is 0.611. The molecule has 6 nitrogen and oxygen atoms in total. The van der Waals surface area contributed by atoms with E-state index in [0.717, 1.165) is 24.8 Å². The van der Waals surface area contributed by atoms with Crippen LogP contribution in [0.2, 0.25) is 0 Å². The summed E-state index contributed by atoms with van der Waals surface area (Å²) < 4.78 is 34.8. The summed E-state index contributed by atoms with van der Waals surface area (Å²) in [6, 6.07) is 4.48. The molecule has 0 aliphatic carbocycles. The zero-order valence-electron chi connectivity index (χ0n) is 15.7. The Labute approximate surface area is 151 Å². The first kappa shape index (κ1) is 21.4. The molecule has 1 aromatic rings. The predicted octanol–water partition coefficient (Wildman–Crippen LogP) is 4.63. The van der Waals surface area contributed by atoms with Gasteiger partial charge in [-0.05, 0) is 51.8 Å². The largest absolute Gasteiger partial charge is 0.444 e. The number of ether oxygens (including phenoxy) is 1. The van der Waals surface area contributed by atoms with Crippen molar-refractivity contribution in [2.75, 3.05) is 11.9 Å². The summed E-state index contributed by atoms with van der Waals surface area (Å²) in [5, 5.41) is 2.58. The Morgan fingerprint density at radius 3 is 2.44 bits per heavy atom. The van der Waals surface area contributed by atoms with Gasteiger partial charge in [-0.2, -0.15) is 8.42 Å². The van der Waals surface area contributed by atoms with Gasteiger partial charge >= 0.3 is 6.09 Å². The highest BCUT2D eigenvalue weighted by Gasteiger charge is 2.19. The van der Waals surface area contributed by atoms with E-state index in [9.17, 15) is 13.2 Å². The van der Waals surface area contributed by atoms with Crippen LogP contribution in [0.1, 0.15) is 58.9 Å². The van der Waals surface area contributed by atoms with Gasteiger partial charge in [0.15, 0.2) is 0 Å². The lowest BCUT2D eigenvalue weighted by Gasteiger charge is -2.20. The molecule has 0 fully saturated rings. The molecular formula is C18H29NO5S. The monoisotopic (exact) mass is 371 g/mol. The van der Waals surface area contributed by atoms with Crippen LogP contribution in [0.25, 0.3) is 0 Å². The molecule has 0 bridgehead atoms. The number of anilines is 1. The van der Waals surface area contributed by atoms with Crippen molar-refractivity contribution in [1.82, 2.24) is 0 Å². The molecule has 1 rings (SSSR count). The van der Waals surface area contributed by atoms with E-state index in [2.05, 4.69) is 12.2 Å². The molecule has 0 unspecified atom stereocenters. The lowest BCUT2D eigenvalue weighted by molar-refractivity contribution is 0.0635. The van der Waals surface area contributed by atoms with Crippen LogP contribution in [-0.4, -0.2) is 26.7 Å². The summed E-state index contributed by atoms with van der Waals surface area (Å²) in [4.78, 5) is 11.9. The van der Waals surface area contributed by atoms with Crippen LogP contribution >= 0.6 is 0 Å². The van der Waals surface area contributed by atoms with Crippen molar-refractivity contribution in [3.63, 3.8) is 0 Å². The Kier molecular flexibility index (Phi) is 7.89. The van der Waals surface area contributed by atoms with Crippen LogP contribution in [0.3, 0.4) is 0 Å². The van der Waals surface area contributed by atoms with Crippen molar-refractivity contribution in [1.29, 1.82) is 0 Å². The third-order valence-electron chi connectivity index (χ3n) is 3.37. The van der Waals surface area contributed by atoms with Gasteiger partial charge in [-0.3, -0.25) is 9.50 Å². The highest BCUT2D eigenvalue weighted by molar-refractivity contribution is 7.86. The van der Waals surface area contributed by atoms with Crippen LogP contribution in [0.15, 0.2) is 23.1 Å². The van der Waals surface area contributed by atoms with Gasteiger partial charge in [0.1, 0.15) is 5.60 Å². The van der Waals surface area contributed by atoms with Crippen molar-refractivity contribution >= 4 is 21.9 Å². The van der Waals surface area contributed by atoms with E-state index in [1.165, 1.54) is 12.1 Å². The van der Waals surface area contributed by atoms with Gasteiger partial charge in [0, 0.05) is 5.69 Å². The minimum Gasteiger partial charge on any atom is -0.444 e. The summed E-state index contributed by atoms with van der Waals surface area (Å²) in [6.07, 6.45) is 3.13. The molecular weight excluding hydrogens is 342 g/mol. The average molecular weight is 371 g/mol. The van der Waals surface area contributed by atoms with Crippen molar-refractivity contribution in [3.05, 3.63) is 23.8 Å². The SMILES string of the molecule is CCCCCCOS(=O)(=O)c1ccc(C)c(NC(=O)OC(C)(C)C)c1. The molecule has 0 saturated heterocycles. The molecule has 142 valence electrons. The van der Waals surface area contributed by atoms with Gasteiger partial charge in [-0.1, -0.05) is 32.3 Å². The number of amides is 1. The molecule has 0 heterocycles. The van der Waals surface area contributed by atoms with Crippen LogP contribution in [-0.2, 0) is 19.0 Å². The first-order valence-electron chi connectivity index (χ1n) is 8.55. The van der Waals surface area contributed by atoms with E-state index in [-0.39, 0.29) is 11.5 Å². The lowest BCUT2D eigenvalue weighted by atomic mass is 10.2. The Bertz CT molecular complexity index is 677. The Hall–Kier alpha value is -1.60. The second-order valence-corrected chi connectivity index (χ2v) is 8.56. The van der Waals surface area contributed by atoms with Crippen molar-refractivity contribution in [2.45, 2.75) is 70.8 Å². The Morgan fingerprint density at radius 2 is 1.84 bits per heavy atom. The third-order valence-corrected chi connectivity index (χ3v) is 4.68. The summed E-state index contributed by atoms with van der Waals surface area (Å²) in [5.41, 5.74) is 0.473. The minimum atomic E-state index is -3.85. The van der Waals surface area contributed by atoms with Crippen molar-refractivity contribution in [3.8, 4) is 0 Å². The summed E-state index contributed by atoms with van der Waals surface area (Å²) in [5.74, 6) is 0. The normalized spacial score (nSPS) is 12.0. The molecule has 1 N–H and O–H groups in total. The number of rotatable bonds is 8.